The van der Waals surface area contributed by atoms with Crippen molar-refractivity contribution in [3.8, 4) is 0 Å². The first kappa shape index (κ1) is 15.7. The highest BCUT2D eigenvalue weighted by Crippen LogP contribution is 2.22. The lowest BCUT2D eigenvalue weighted by Gasteiger charge is -2.21. The molecule has 0 saturated heterocycles. The van der Waals surface area contributed by atoms with Gasteiger partial charge in [0.1, 0.15) is 0 Å². The van der Waals surface area contributed by atoms with Crippen molar-refractivity contribution >= 4 is 5.91 Å². The maximum Gasteiger partial charge on any atom is 0.222 e. The molecule has 0 bridgehead atoms. The number of carbonyl (C=O) groups excluding carboxylic acids is 1. The van der Waals surface area contributed by atoms with Gasteiger partial charge in [-0.2, -0.15) is 0 Å². The molecule has 0 aliphatic rings. The molecule has 0 radical (unpaired) electrons. The van der Waals surface area contributed by atoms with Gasteiger partial charge in [0.25, 0.3) is 0 Å². The van der Waals surface area contributed by atoms with Crippen molar-refractivity contribution in [1.82, 2.24) is 4.90 Å². The van der Waals surface area contributed by atoms with Crippen LogP contribution in [0.3, 0.4) is 0 Å². The molecular formula is C16H25NO2. The first-order chi connectivity index (χ1) is 8.91. The average molecular weight is 263 g/mol. The quantitative estimate of drug-likeness (QED) is 0.857. The normalized spacial score (nSPS) is 13.9. The second kappa shape index (κ2) is 7.29. The molecule has 1 aromatic carbocycles. The third-order valence-corrected chi connectivity index (χ3v) is 3.51. The van der Waals surface area contributed by atoms with E-state index in [-0.39, 0.29) is 17.9 Å². The van der Waals surface area contributed by atoms with Gasteiger partial charge in [0.05, 0.1) is 6.10 Å². The van der Waals surface area contributed by atoms with Crippen LogP contribution in [-0.4, -0.2) is 35.6 Å². The Balaban J connectivity index is 2.54. The van der Waals surface area contributed by atoms with E-state index in [1.54, 1.807) is 18.9 Å². The number of nitrogens with zero attached hydrogens (tertiary/aromatic N) is 1. The molecule has 0 heterocycles. The van der Waals surface area contributed by atoms with Gasteiger partial charge in [-0.05, 0) is 37.3 Å². The Kier molecular flexibility index (Phi) is 6.03. The molecule has 3 nitrogen and oxygen atoms in total. The fourth-order valence-corrected chi connectivity index (χ4v) is 2.17. The van der Waals surface area contributed by atoms with E-state index in [2.05, 4.69) is 26.0 Å². The summed E-state index contributed by atoms with van der Waals surface area (Å²) in [5.74, 6) is 0.360. The monoisotopic (exact) mass is 263 g/mol. The number of aliphatic hydroxyl groups is 1. The molecule has 106 valence electrons. The number of aliphatic hydroxyl groups excluding tert-OH is 1. The van der Waals surface area contributed by atoms with Gasteiger partial charge in [-0.3, -0.25) is 4.79 Å². The number of carbonyl (C=O) groups is 1. The summed E-state index contributed by atoms with van der Waals surface area (Å²) >= 11 is 0. The minimum Gasteiger partial charge on any atom is -0.393 e. The lowest BCUT2D eigenvalue weighted by Crippen LogP contribution is -2.30. The minimum atomic E-state index is -0.357. The zero-order chi connectivity index (χ0) is 14.4. The van der Waals surface area contributed by atoms with E-state index in [1.807, 2.05) is 12.1 Å². The van der Waals surface area contributed by atoms with E-state index in [0.717, 1.165) is 0 Å². The molecule has 0 fully saturated rings. The SMILES string of the molecule is Cc1ccccc1C(C)CC(=O)N(C)CCC(C)O. The molecule has 2 atom stereocenters. The van der Waals surface area contributed by atoms with Crippen molar-refractivity contribution < 1.29 is 9.90 Å². The zero-order valence-electron chi connectivity index (χ0n) is 12.4. The lowest BCUT2D eigenvalue weighted by molar-refractivity contribution is -0.130. The molecule has 0 aliphatic heterocycles. The highest BCUT2D eigenvalue weighted by molar-refractivity contribution is 5.76. The van der Waals surface area contributed by atoms with Crippen LogP contribution in [-0.2, 0) is 4.79 Å². The smallest absolute Gasteiger partial charge is 0.222 e. The molecule has 1 N–H and O–H groups in total. The first-order valence-corrected chi connectivity index (χ1v) is 6.89. The molecule has 1 rings (SSSR count). The van der Waals surface area contributed by atoms with Gasteiger partial charge in [0, 0.05) is 20.0 Å². The summed E-state index contributed by atoms with van der Waals surface area (Å²) in [7, 11) is 1.80. The van der Waals surface area contributed by atoms with Crippen molar-refractivity contribution in [2.24, 2.45) is 0 Å². The number of rotatable bonds is 6. The van der Waals surface area contributed by atoms with Crippen molar-refractivity contribution in [2.45, 2.75) is 45.6 Å². The molecule has 3 heteroatoms. The van der Waals surface area contributed by atoms with Gasteiger partial charge in [0.2, 0.25) is 5.91 Å². The molecular weight excluding hydrogens is 238 g/mol. The van der Waals surface area contributed by atoms with Gasteiger partial charge in [0.15, 0.2) is 0 Å². The highest BCUT2D eigenvalue weighted by Gasteiger charge is 2.16. The first-order valence-electron chi connectivity index (χ1n) is 6.89. The van der Waals surface area contributed by atoms with Gasteiger partial charge < -0.3 is 10.0 Å². The Morgan fingerprint density at radius 1 is 1.32 bits per heavy atom. The van der Waals surface area contributed by atoms with E-state index in [1.165, 1.54) is 11.1 Å². The topological polar surface area (TPSA) is 40.5 Å². The predicted octanol–water partition coefficient (Wildman–Crippen LogP) is 2.72. The largest absolute Gasteiger partial charge is 0.393 e. The Morgan fingerprint density at radius 2 is 1.95 bits per heavy atom. The lowest BCUT2D eigenvalue weighted by atomic mass is 9.93. The number of hydrogen-bond donors (Lipinski definition) is 1. The molecule has 0 aromatic heterocycles. The van der Waals surface area contributed by atoms with Gasteiger partial charge in [-0.15, -0.1) is 0 Å². The van der Waals surface area contributed by atoms with Crippen LogP contribution in [0.25, 0.3) is 0 Å². The van der Waals surface area contributed by atoms with E-state index < -0.39 is 0 Å². The summed E-state index contributed by atoms with van der Waals surface area (Å²) in [5.41, 5.74) is 2.47. The molecule has 0 saturated carbocycles. The number of hydrogen-bond acceptors (Lipinski definition) is 2. The van der Waals surface area contributed by atoms with Crippen LogP contribution in [0.4, 0.5) is 0 Å². The molecule has 2 unspecified atom stereocenters. The second-order valence-corrected chi connectivity index (χ2v) is 5.41. The second-order valence-electron chi connectivity index (χ2n) is 5.41. The molecule has 19 heavy (non-hydrogen) atoms. The van der Waals surface area contributed by atoms with E-state index in [0.29, 0.717) is 19.4 Å². The maximum atomic E-state index is 12.1. The van der Waals surface area contributed by atoms with Crippen molar-refractivity contribution in [3.05, 3.63) is 35.4 Å². The maximum absolute atomic E-state index is 12.1. The van der Waals surface area contributed by atoms with Crippen LogP contribution in [0.1, 0.15) is 43.7 Å². The van der Waals surface area contributed by atoms with Crippen LogP contribution >= 0.6 is 0 Å². The molecule has 1 aromatic rings. The Hall–Kier alpha value is -1.35. The molecule has 1 amide bonds. The van der Waals surface area contributed by atoms with Gasteiger partial charge >= 0.3 is 0 Å². The van der Waals surface area contributed by atoms with Crippen molar-refractivity contribution in [3.63, 3.8) is 0 Å². The van der Waals surface area contributed by atoms with E-state index in [4.69, 9.17) is 0 Å². The third kappa shape index (κ3) is 5.03. The molecule has 0 aliphatic carbocycles. The van der Waals surface area contributed by atoms with E-state index >= 15 is 0 Å². The van der Waals surface area contributed by atoms with Crippen LogP contribution in [0, 0.1) is 6.92 Å². The van der Waals surface area contributed by atoms with Crippen LogP contribution in [0.2, 0.25) is 0 Å². The number of benzene rings is 1. The molecule has 0 spiro atoms. The van der Waals surface area contributed by atoms with Crippen LogP contribution in [0.5, 0.6) is 0 Å². The summed E-state index contributed by atoms with van der Waals surface area (Å²) in [6.07, 6.45) is 0.784. The average Bonchev–Trinajstić information content (AvgIpc) is 2.36. The third-order valence-electron chi connectivity index (χ3n) is 3.51. The van der Waals surface area contributed by atoms with Crippen LogP contribution in [0.15, 0.2) is 24.3 Å². The number of aryl methyl sites for hydroxylation is 1. The van der Waals surface area contributed by atoms with Crippen molar-refractivity contribution in [1.29, 1.82) is 0 Å². The van der Waals surface area contributed by atoms with Gasteiger partial charge in [-0.25, -0.2) is 0 Å². The summed E-state index contributed by atoms with van der Waals surface area (Å²) in [6, 6.07) is 8.19. The van der Waals surface area contributed by atoms with E-state index in [9.17, 15) is 9.90 Å². The Morgan fingerprint density at radius 3 is 2.53 bits per heavy atom. The predicted molar refractivity (Wildman–Crippen MR) is 78.1 cm³/mol. The fourth-order valence-electron chi connectivity index (χ4n) is 2.17. The number of amides is 1. The minimum absolute atomic E-state index is 0.136. The summed E-state index contributed by atoms with van der Waals surface area (Å²) < 4.78 is 0. The van der Waals surface area contributed by atoms with Crippen molar-refractivity contribution in [2.75, 3.05) is 13.6 Å². The highest BCUT2D eigenvalue weighted by atomic mass is 16.3. The fraction of sp³-hybridized carbons (Fsp3) is 0.562. The Labute approximate surface area is 116 Å². The summed E-state index contributed by atoms with van der Waals surface area (Å²) in [6.45, 7) is 6.52. The zero-order valence-corrected chi connectivity index (χ0v) is 12.4. The van der Waals surface area contributed by atoms with Crippen LogP contribution < -0.4 is 0 Å². The summed E-state index contributed by atoms with van der Waals surface area (Å²) in [4.78, 5) is 13.8. The van der Waals surface area contributed by atoms with Gasteiger partial charge in [-0.1, -0.05) is 31.2 Å². The Bertz CT molecular complexity index is 415. The summed E-state index contributed by atoms with van der Waals surface area (Å²) in [5, 5.41) is 9.24. The standard InChI is InChI=1S/C16H25NO2/c1-12-7-5-6-8-15(12)13(2)11-16(19)17(4)10-9-14(3)18/h5-8,13-14,18H,9-11H2,1-4H3.